The van der Waals surface area contributed by atoms with Crippen LogP contribution in [-0.2, 0) is 0 Å². The summed E-state index contributed by atoms with van der Waals surface area (Å²) in [5, 5.41) is 0. The smallest absolute Gasteiger partial charge is 0.126 e. The van der Waals surface area contributed by atoms with Crippen molar-refractivity contribution in [2.24, 2.45) is 5.73 Å². The van der Waals surface area contributed by atoms with Crippen LogP contribution in [0.15, 0.2) is 46.2 Å². The molecule has 2 rings (SSSR count). The molecular formula is C15H15F2NS. The van der Waals surface area contributed by atoms with Crippen LogP contribution in [0.25, 0.3) is 0 Å². The molecule has 1 nitrogen and oxygen atoms in total. The molecule has 2 N–H and O–H groups in total. The van der Waals surface area contributed by atoms with Gasteiger partial charge < -0.3 is 5.73 Å². The summed E-state index contributed by atoms with van der Waals surface area (Å²) in [6.45, 7) is 3.54. The van der Waals surface area contributed by atoms with Crippen molar-refractivity contribution in [3.63, 3.8) is 0 Å². The molecule has 0 fully saturated rings. The first-order chi connectivity index (χ1) is 8.97. The van der Waals surface area contributed by atoms with Crippen LogP contribution in [0.3, 0.4) is 0 Å². The van der Waals surface area contributed by atoms with Gasteiger partial charge in [0.2, 0.25) is 0 Å². The third-order valence-electron chi connectivity index (χ3n) is 2.82. The van der Waals surface area contributed by atoms with E-state index in [0.29, 0.717) is 5.56 Å². The summed E-state index contributed by atoms with van der Waals surface area (Å²) in [5.74, 6) is -0.525. The Bertz CT molecular complexity index is 579. The maximum atomic E-state index is 13.6. The molecule has 100 valence electrons. The van der Waals surface area contributed by atoms with E-state index >= 15 is 0 Å². The average molecular weight is 279 g/mol. The minimum absolute atomic E-state index is 0.252. The van der Waals surface area contributed by atoms with Crippen LogP contribution >= 0.6 is 11.8 Å². The third-order valence-corrected chi connectivity index (χ3v) is 3.90. The number of nitrogens with two attached hydrogens (primary N) is 1. The van der Waals surface area contributed by atoms with Crippen LogP contribution in [0.5, 0.6) is 0 Å². The molecule has 0 heterocycles. The Hall–Kier alpha value is -1.39. The summed E-state index contributed by atoms with van der Waals surface area (Å²) in [6.07, 6.45) is 0. The largest absolute Gasteiger partial charge is 0.324 e. The summed E-state index contributed by atoms with van der Waals surface area (Å²) >= 11 is 1.46. The van der Waals surface area contributed by atoms with Crippen molar-refractivity contribution in [3.05, 3.63) is 59.2 Å². The summed E-state index contributed by atoms with van der Waals surface area (Å²) < 4.78 is 26.5. The molecule has 2 aromatic rings. The number of aryl methyl sites for hydroxylation is 1. The van der Waals surface area contributed by atoms with Crippen LogP contribution in [0, 0.1) is 18.6 Å². The van der Waals surface area contributed by atoms with Gasteiger partial charge in [0.15, 0.2) is 0 Å². The van der Waals surface area contributed by atoms with Crippen LogP contribution in [0.2, 0.25) is 0 Å². The van der Waals surface area contributed by atoms with E-state index in [1.165, 1.54) is 30.0 Å². The highest BCUT2D eigenvalue weighted by atomic mass is 32.2. The number of rotatable bonds is 3. The monoisotopic (exact) mass is 279 g/mol. The molecule has 19 heavy (non-hydrogen) atoms. The first-order valence-corrected chi connectivity index (χ1v) is 6.78. The van der Waals surface area contributed by atoms with Crippen molar-refractivity contribution in [2.75, 3.05) is 0 Å². The molecule has 4 heteroatoms. The van der Waals surface area contributed by atoms with Gasteiger partial charge in [-0.2, -0.15) is 0 Å². The predicted octanol–water partition coefficient (Wildman–Crippen LogP) is 4.44. The lowest BCUT2D eigenvalue weighted by molar-refractivity contribution is 0.610. The molecule has 0 aliphatic heterocycles. The Morgan fingerprint density at radius 1 is 1.11 bits per heavy atom. The first kappa shape index (κ1) is 14.0. The third kappa shape index (κ3) is 3.33. The van der Waals surface area contributed by atoms with Crippen molar-refractivity contribution < 1.29 is 8.78 Å². The molecule has 1 atom stereocenters. The minimum atomic E-state index is -0.271. The normalized spacial score (nSPS) is 12.5. The first-order valence-electron chi connectivity index (χ1n) is 5.96. The van der Waals surface area contributed by atoms with Gasteiger partial charge in [0.25, 0.3) is 0 Å². The van der Waals surface area contributed by atoms with E-state index in [-0.39, 0.29) is 17.7 Å². The number of halogens is 2. The molecule has 2 aromatic carbocycles. The molecule has 0 amide bonds. The average Bonchev–Trinajstić information content (AvgIpc) is 2.36. The Morgan fingerprint density at radius 2 is 1.74 bits per heavy atom. The van der Waals surface area contributed by atoms with E-state index < -0.39 is 0 Å². The van der Waals surface area contributed by atoms with Gasteiger partial charge in [-0.05, 0) is 61.4 Å². The zero-order valence-electron chi connectivity index (χ0n) is 10.8. The van der Waals surface area contributed by atoms with E-state index in [1.54, 1.807) is 25.1 Å². The van der Waals surface area contributed by atoms with Crippen LogP contribution < -0.4 is 5.73 Å². The van der Waals surface area contributed by atoms with Crippen LogP contribution in [0.1, 0.15) is 24.1 Å². The minimum Gasteiger partial charge on any atom is -0.324 e. The van der Waals surface area contributed by atoms with E-state index in [1.807, 2.05) is 6.92 Å². The van der Waals surface area contributed by atoms with Crippen molar-refractivity contribution in [3.8, 4) is 0 Å². The van der Waals surface area contributed by atoms with E-state index in [9.17, 15) is 8.78 Å². The lowest BCUT2D eigenvalue weighted by atomic mass is 10.1. The Morgan fingerprint density at radius 3 is 2.32 bits per heavy atom. The highest BCUT2D eigenvalue weighted by molar-refractivity contribution is 7.99. The van der Waals surface area contributed by atoms with Crippen LogP contribution in [-0.4, -0.2) is 0 Å². The van der Waals surface area contributed by atoms with Gasteiger partial charge in [-0.1, -0.05) is 11.8 Å². The van der Waals surface area contributed by atoms with Gasteiger partial charge >= 0.3 is 0 Å². The summed E-state index contributed by atoms with van der Waals surface area (Å²) in [4.78, 5) is 1.80. The Kier molecular flexibility index (Phi) is 4.22. The molecule has 0 aliphatic carbocycles. The zero-order chi connectivity index (χ0) is 14.0. The maximum Gasteiger partial charge on any atom is 0.126 e. The van der Waals surface area contributed by atoms with Crippen molar-refractivity contribution in [1.29, 1.82) is 0 Å². The van der Waals surface area contributed by atoms with Crippen molar-refractivity contribution in [2.45, 2.75) is 29.7 Å². The van der Waals surface area contributed by atoms with Crippen LogP contribution in [0.4, 0.5) is 8.78 Å². The fourth-order valence-electron chi connectivity index (χ4n) is 1.74. The Balaban J connectivity index is 2.38. The zero-order valence-corrected chi connectivity index (χ0v) is 11.6. The van der Waals surface area contributed by atoms with Crippen molar-refractivity contribution in [1.82, 2.24) is 0 Å². The molecule has 0 aromatic heterocycles. The second kappa shape index (κ2) is 5.72. The summed E-state index contributed by atoms with van der Waals surface area (Å²) in [6, 6.07) is 9.22. The topological polar surface area (TPSA) is 26.0 Å². The summed E-state index contributed by atoms with van der Waals surface area (Å²) in [7, 11) is 0. The molecule has 0 bridgehead atoms. The molecule has 0 spiro atoms. The van der Waals surface area contributed by atoms with Gasteiger partial charge in [-0.3, -0.25) is 0 Å². The highest BCUT2D eigenvalue weighted by Crippen LogP contribution is 2.34. The highest BCUT2D eigenvalue weighted by Gasteiger charge is 2.12. The molecule has 0 unspecified atom stereocenters. The molecule has 0 saturated heterocycles. The Labute approximate surface area is 115 Å². The molecular weight excluding hydrogens is 264 g/mol. The lowest BCUT2D eigenvalue weighted by Crippen LogP contribution is -2.07. The van der Waals surface area contributed by atoms with Gasteiger partial charge in [-0.15, -0.1) is 0 Å². The quantitative estimate of drug-likeness (QED) is 0.898. The van der Waals surface area contributed by atoms with Gasteiger partial charge in [0.1, 0.15) is 11.6 Å². The maximum absolute atomic E-state index is 13.6. The molecule has 0 radical (unpaired) electrons. The van der Waals surface area contributed by atoms with E-state index in [4.69, 9.17) is 5.73 Å². The second-order valence-corrected chi connectivity index (χ2v) is 5.60. The van der Waals surface area contributed by atoms with Crippen molar-refractivity contribution >= 4 is 11.8 Å². The molecule has 0 aliphatic rings. The summed E-state index contributed by atoms with van der Waals surface area (Å²) in [5.41, 5.74) is 7.21. The SMILES string of the molecule is Cc1cc(Sc2ccc(F)cc2)c([C@H](C)N)cc1F. The lowest BCUT2D eigenvalue weighted by Gasteiger charge is -2.14. The number of hydrogen-bond donors (Lipinski definition) is 1. The van der Waals surface area contributed by atoms with E-state index in [2.05, 4.69) is 0 Å². The molecule has 0 saturated carbocycles. The standard InChI is InChI=1S/C15H15F2NS/c1-9-7-15(13(10(2)18)8-14(9)17)19-12-5-3-11(16)4-6-12/h3-8,10H,18H2,1-2H3/t10-/m0/s1. The van der Waals surface area contributed by atoms with Gasteiger partial charge in [-0.25, -0.2) is 8.78 Å². The predicted molar refractivity (Wildman–Crippen MR) is 74.3 cm³/mol. The number of hydrogen-bond acceptors (Lipinski definition) is 2. The fourth-order valence-corrected chi connectivity index (χ4v) is 2.87. The second-order valence-electron chi connectivity index (χ2n) is 4.48. The van der Waals surface area contributed by atoms with Gasteiger partial charge in [0, 0.05) is 15.8 Å². The number of benzene rings is 2. The fraction of sp³-hybridized carbons (Fsp3) is 0.200. The van der Waals surface area contributed by atoms with E-state index in [0.717, 1.165) is 15.4 Å². The van der Waals surface area contributed by atoms with Gasteiger partial charge in [0.05, 0.1) is 0 Å².